The maximum atomic E-state index is 13.4. The van der Waals surface area contributed by atoms with Crippen molar-refractivity contribution in [3.63, 3.8) is 0 Å². The number of hydrogen-bond donors (Lipinski definition) is 3. The first-order chi connectivity index (χ1) is 23.4. The smallest absolute Gasteiger partial charge is 0.410 e. The first-order valence-electron chi connectivity index (χ1n) is 15.9. The number of carbonyl (C=O) groups is 3. The van der Waals surface area contributed by atoms with Gasteiger partial charge < -0.3 is 24.8 Å². The minimum atomic E-state index is -1.06. The number of aliphatic carboxylic acids is 1. The Balaban J connectivity index is 1.52. The summed E-state index contributed by atoms with van der Waals surface area (Å²) in [5, 5.41) is 16.1. The number of pyridine rings is 1. The van der Waals surface area contributed by atoms with Crippen molar-refractivity contribution in [3.8, 4) is 0 Å². The van der Waals surface area contributed by atoms with Crippen molar-refractivity contribution in [1.82, 2.24) is 20.5 Å². The molecule has 10 heteroatoms. The van der Waals surface area contributed by atoms with Crippen molar-refractivity contribution in [3.05, 3.63) is 150 Å². The highest BCUT2D eigenvalue weighted by atomic mass is 16.6. The van der Waals surface area contributed by atoms with Crippen LogP contribution in [0.4, 0.5) is 9.59 Å². The van der Waals surface area contributed by atoms with Gasteiger partial charge in [0.15, 0.2) is 0 Å². The van der Waals surface area contributed by atoms with Crippen molar-refractivity contribution in [2.24, 2.45) is 0 Å². The van der Waals surface area contributed by atoms with Crippen LogP contribution in [-0.2, 0) is 27.3 Å². The maximum Gasteiger partial charge on any atom is 0.410 e. The van der Waals surface area contributed by atoms with Crippen molar-refractivity contribution in [2.45, 2.75) is 37.5 Å². The van der Waals surface area contributed by atoms with E-state index in [0.717, 1.165) is 16.7 Å². The molecule has 10 nitrogen and oxygen atoms in total. The van der Waals surface area contributed by atoms with Gasteiger partial charge in [0.2, 0.25) is 0 Å². The fourth-order valence-corrected chi connectivity index (χ4v) is 5.24. The van der Waals surface area contributed by atoms with Gasteiger partial charge in [0.1, 0.15) is 19.3 Å². The summed E-state index contributed by atoms with van der Waals surface area (Å²) in [6.45, 7) is 4.36. The maximum absolute atomic E-state index is 13.4. The normalized spacial score (nSPS) is 12.0. The minimum Gasteiger partial charge on any atom is -0.480 e. The van der Waals surface area contributed by atoms with E-state index in [1.165, 1.54) is 6.08 Å². The number of ether oxygens (including phenoxy) is 2. The third-order valence-electron chi connectivity index (χ3n) is 7.72. The molecule has 0 aliphatic carbocycles. The fourth-order valence-electron chi connectivity index (χ4n) is 5.24. The van der Waals surface area contributed by atoms with E-state index in [9.17, 15) is 19.5 Å². The van der Waals surface area contributed by atoms with Gasteiger partial charge >= 0.3 is 18.2 Å². The summed E-state index contributed by atoms with van der Waals surface area (Å²) in [7, 11) is 0. The predicted molar refractivity (Wildman–Crippen MR) is 183 cm³/mol. The van der Waals surface area contributed by atoms with Crippen LogP contribution >= 0.6 is 0 Å². The summed E-state index contributed by atoms with van der Waals surface area (Å²) in [4.78, 5) is 44.3. The Kier molecular flexibility index (Phi) is 14.2. The SMILES string of the molecule is C=CCOC(=O)N(CCC(CNC(=O)OCc1ccccc1)NC(Cc1ccccn1)C(=O)O)CC(c1ccccc1)c1ccccc1. The van der Waals surface area contributed by atoms with E-state index in [1.54, 1.807) is 29.3 Å². The van der Waals surface area contributed by atoms with E-state index in [2.05, 4.69) is 22.2 Å². The van der Waals surface area contributed by atoms with E-state index in [0.29, 0.717) is 18.7 Å². The van der Waals surface area contributed by atoms with Gasteiger partial charge in [-0.2, -0.15) is 0 Å². The molecular weight excluding hydrogens is 608 g/mol. The molecule has 0 fully saturated rings. The van der Waals surface area contributed by atoms with Crippen molar-refractivity contribution in [2.75, 3.05) is 26.2 Å². The molecule has 0 bridgehead atoms. The second kappa shape index (κ2) is 19.2. The summed E-state index contributed by atoms with van der Waals surface area (Å²) in [5.74, 6) is -1.22. The third kappa shape index (κ3) is 11.7. The Labute approximate surface area is 281 Å². The molecule has 1 heterocycles. The lowest BCUT2D eigenvalue weighted by Crippen LogP contribution is -2.51. The first-order valence-corrected chi connectivity index (χ1v) is 15.9. The summed E-state index contributed by atoms with van der Waals surface area (Å²) in [5.41, 5.74) is 3.51. The number of aromatic nitrogens is 1. The zero-order valence-corrected chi connectivity index (χ0v) is 26.8. The Hall–Kier alpha value is -5.48. The Bertz CT molecular complexity index is 1520. The molecular formula is C38H42N4O6. The lowest BCUT2D eigenvalue weighted by Gasteiger charge is -2.30. The van der Waals surface area contributed by atoms with E-state index in [-0.39, 0.29) is 38.6 Å². The van der Waals surface area contributed by atoms with Crippen LogP contribution in [0.1, 0.15) is 34.7 Å². The van der Waals surface area contributed by atoms with Gasteiger partial charge in [-0.1, -0.05) is 110 Å². The average Bonchev–Trinajstić information content (AvgIpc) is 3.13. The fraction of sp³-hybridized carbons (Fsp3) is 0.263. The number of rotatable bonds is 18. The molecule has 2 amide bonds. The molecule has 2 unspecified atom stereocenters. The lowest BCUT2D eigenvalue weighted by atomic mass is 9.90. The van der Waals surface area contributed by atoms with Crippen LogP contribution in [0.2, 0.25) is 0 Å². The van der Waals surface area contributed by atoms with Crippen molar-refractivity contribution < 1.29 is 29.0 Å². The molecule has 3 aromatic carbocycles. The predicted octanol–water partition coefficient (Wildman–Crippen LogP) is 5.81. The quantitative estimate of drug-likeness (QED) is 0.115. The van der Waals surface area contributed by atoms with Gasteiger partial charge in [-0.3, -0.25) is 15.1 Å². The molecule has 2 atom stereocenters. The molecule has 0 spiro atoms. The summed E-state index contributed by atoms with van der Waals surface area (Å²) >= 11 is 0. The number of carboxylic acid groups (broad SMARTS) is 1. The molecule has 3 N–H and O–H groups in total. The first kappa shape index (κ1) is 35.4. The van der Waals surface area contributed by atoms with Crippen LogP contribution in [0.25, 0.3) is 0 Å². The molecule has 250 valence electrons. The zero-order valence-electron chi connectivity index (χ0n) is 26.8. The van der Waals surface area contributed by atoms with Gasteiger partial charge in [0, 0.05) is 49.9 Å². The lowest BCUT2D eigenvalue weighted by molar-refractivity contribution is -0.139. The standard InChI is InChI=1S/C38H42N4O6/c1-2-24-47-38(46)42(27-34(30-16-8-4-9-17-30)31-18-10-5-11-19-31)23-21-33(26-40-37(45)48-28-29-14-6-3-7-15-29)41-35(36(43)44)25-32-20-12-13-22-39-32/h2-20,22,33-35,41H,1,21,23-28H2,(H,40,45)(H,43,44). The number of carboxylic acids is 1. The zero-order chi connectivity index (χ0) is 34.0. The number of amides is 2. The Morgan fingerprint density at radius 1 is 0.854 bits per heavy atom. The van der Waals surface area contributed by atoms with Crippen LogP contribution in [0.3, 0.4) is 0 Å². The third-order valence-corrected chi connectivity index (χ3v) is 7.72. The Morgan fingerprint density at radius 3 is 2.06 bits per heavy atom. The van der Waals surface area contributed by atoms with Gasteiger partial charge in [-0.15, -0.1) is 0 Å². The monoisotopic (exact) mass is 650 g/mol. The average molecular weight is 651 g/mol. The van der Waals surface area contributed by atoms with Gasteiger partial charge in [-0.05, 0) is 35.2 Å². The van der Waals surface area contributed by atoms with E-state index >= 15 is 0 Å². The van der Waals surface area contributed by atoms with E-state index < -0.39 is 30.2 Å². The molecule has 4 rings (SSSR count). The van der Waals surface area contributed by atoms with E-state index in [1.807, 2.05) is 91.0 Å². The van der Waals surface area contributed by atoms with Crippen LogP contribution in [-0.4, -0.2) is 71.5 Å². The number of benzene rings is 3. The summed E-state index contributed by atoms with van der Waals surface area (Å²) < 4.78 is 10.9. The molecule has 0 aliphatic rings. The number of alkyl carbamates (subject to hydrolysis) is 1. The topological polar surface area (TPSA) is 130 Å². The van der Waals surface area contributed by atoms with Crippen LogP contribution in [0.5, 0.6) is 0 Å². The highest BCUT2D eigenvalue weighted by Crippen LogP contribution is 2.26. The summed E-state index contributed by atoms with van der Waals surface area (Å²) in [6, 6.07) is 32.9. The molecule has 4 aromatic rings. The largest absolute Gasteiger partial charge is 0.480 e. The number of hydrogen-bond acceptors (Lipinski definition) is 7. The molecule has 0 radical (unpaired) electrons. The van der Waals surface area contributed by atoms with Gasteiger partial charge in [0.25, 0.3) is 0 Å². The Morgan fingerprint density at radius 2 is 1.48 bits per heavy atom. The van der Waals surface area contributed by atoms with Crippen LogP contribution in [0, 0.1) is 0 Å². The van der Waals surface area contributed by atoms with Crippen LogP contribution < -0.4 is 10.6 Å². The number of nitrogens with one attached hydrogen (secondary N) is 2. The molecule has 0 saturated carbocycles. The molecule has 48 heavy (non-hydrogen) atoms. The second-order valence-corrected chi connectivity index (χ2v) is 11.2. The van der Waals surface area contributed by atoms with Crippen molar-refractivity contribution >= 4 is 18.2 Å². The highest BCUT2D eigenvalue weighted by Gasteiger charge is 2.27. The van der Waals surface area contributed by atoms with Gasteiger partial charge in [-0.25, -0.2) is 9.59 Å². The molecule has 0 saturated heterocycles. The summed E-state index contributed by atoms with van der Waals surface area (Å²) in [6.07, 6.45) is 2.37. The second-order valence-electron chi connectivity index (χ2n) is 11.2. The van der Waals surface area contributed by atoms with Gasteiger partial charge in [0.05, 0.1) is 0 Å². The molecule has 1 aromatic heterocycles. The van der Waals surface area contributed by atoms with Crippen molar-refractivity contribution in [1.29, 1.82) is 0 Å². The number of nitrogens with zero attached hydrogens (tertiary/aromatic N) is 2. The highest BCUT2D eigenvalue weighted by molar-refractivity contribution is 5.74. The van der Waals surface area contributed by atoms with E-state index in [4.69, 9.17) is 9.47 Å². The molecule has 0 aliphatic heterocycles. The number of carbonyl (C=O) groups excluding carboxylic acids is 2. The minimum absolute atomic E-state index is 0.0400. The van der Waals surface area contributed by atoms with Crippen LogP contribution in [0.15, 0.2) is 128 Å².